The number of hydrogen-bond donors (Lipinski definition) is 2. The van der Waals surface area contributed by atoms with Crippen molar-refractivity contribution in [1.29, 1.82) is 0 Å². The third-order valence-electron chi connectivity index (χ3n) is 2.83. The van der Waals surface area contributed by atoms with Crippen molar-refractivity contribution >= 4 is 17.6 Å². The summed E-state index contributed by atoms with van der Waals surface area (Å²) in [4.78, 5) is 27.9. The summed E-state index contributed by atoms with van der Waals surface area (Å²) >= 11 is 0. The van der Waals surface area contributed by atoms with Crippen molar-refractivity contribution in [3.8, 4) is 0 Å². The number of aliphatic imine (C=N–C) groups is 1. The second kappa shape index (κ2) is 5.75. The van der Waals surface area contributed by atoms with E-state index in [4.69, 9.17) is 0 Å². The fourth-order valence-corrected chi connectivity index (χ4v) is 1.88. The lowest BCUT2D eigenvalue weighted by Crippen LogP contribution is -2.47. The molecule has 0 spiro atoms. The van der Waals surface area contributed by atoms with Crippen LogP contribution >= 0.6 is 0 Å². The molecular weight excluding hydrogens is 242 g/mol. The monoisotopic (exact) mass is 259 g/mol. The molecule has 0 saturated heterocycles. The van der Waals surface area contributed by atoms with Gasteiger partial charge in [0.25, 0.3) is 5.91 Å². The number of rotatable bonds is 4. The molecule has 2 amide bonds. The van der Waals surface area contributed by atoms with Gasteiger partial charge in [-0.2, -0.15) is 4.99 Å². The lowest BCUT2D eigenvalue weighted by atomic mass is 9.96. The summed E-state index contributed by atoms with van der Waals surface area (Å²) in [5.74, 6) is -1.16. The summed E-state index contributed by atoms with van der Waals surface area (Å²) in [6.45, 7) is 4.36. The molecule has 0 saturated carbocycles. The number of carbonyl (C=O) groups is 2. The van der Waals surface area contributed by atoms with Crippen LogP contribution in [0.15, 0.2) is 35.3 Å². The van der Waals surface area contributed by atoms with Crippen LogP contribution in [0.5, 0.6) is 0 Å². The molecule has 2 N–H and O–H groups in total. The van der Waals surface area contributed by atoms with Gasteiger partial charge in [-0.05, 0) is 5.56 Å². The van der Waals surface area contributed by atoms with E-state index in [0.717, 1.165) is 0 Å². The van der Waals surface area contributed by atoms with Crippen molar-refractivity contribution in [2.24, 2.45) is 4.99 Å². The molecule has 2 rings (SSSR count). The zero-order valence-electron chi connectivity index (χ0n) is 11.0. The highest BCUT2D eigenvalue weighted by molar-refractivity contribution is 6.19. The van der Waals surface area contributed by atoms with Gasteiger partial charge in [0, 0.05) is 6.04 Å². The van der Waals surface area contributed by atoms with E-state index >= 15 is 0 Å². The first-order valence-electron chi connectivity index (χ1n) is 6.28. The third-order valence-corrected chi connectivity index (χ3v) is 2.83. The zero-order valence-corrected chi connectivity index (χ0v) is 11.0. The molecule has 100 valence electrons. The summed E-state index contributed by atoms with van der Waals surface area (Å²) in [6.07, 6.45) is 0. The van der Waals surface area contributed by atoms with E-state index in [0.29, 0.717) is 17.9 Å². The Hall–Kier alpha value is -2.01. The second-order valence-corrected chi connectivity index (χ2v) is 4.77. The quantitative estimate of drug-likeness (QED) is 0.787. The van der Waals surface area contributed by atoms with Crippen LogP contribution in [0.25, 0.3) is 0 Å². The Morgan fingerprint density at radius 2 is 1.95 bits per heavy atom. The number of amides is 2. The largest absolute Gasteiger partial charge is 0.312 e. The van der Waals surface area contributed by atoms with Crippen LogP contribution in [0, 0.1) is 0 Å². The first-order valence-corrected chi connectivity index (χ1v) is 6.28. The fraction of sp³-hybridized carbons (Fsp3) is 0.357. The van der Waals surface area contributed by atoms with Crippen molar-refractivity contribution in [1.82, 2.24) is 10.6 Å². The molecular formula is C14H17N3O2. The number of carbonyl (C=O) groups excluding carboxylic acids is 2. The van der Waals surface area contributed by atoms with Gasteiger partial charge < -0.3 is 10.6 Å². The maximum atomic E-state index is 12.0. The van der Waals surface area contributed by atoms with Gasteiger partial charge in [-0.3, -0.25) is 9.59 Å². The Kier molecular flexibility index (Phi) is 4.06. The van der Waals surface area contributed by atoms with Crippen molar-refractivity contribution in [3.05, 3.63) is 35.9 Å². The lowest BCUT2D eigenvalue weighted by Gasteiger charge is -2.21. The molecule has 0 aliphatic carbocycles. The lowest BCUT2D eigenvalue weighted by molar-refractivity contribution is -0.129. The van der Waals surface area contributed by atoms with Gasteiger partial charge in [0.2, 0.25) is 5.91 Å². The topological polar surface area (TPSA) is 70.6 Å². The number of nitrogens with zero attached hydrogens (tertiary/aromatic N) is 1. The normalized spacial score (nSPS) is 19.3. The van der Waals surface area contributed by atoms with E-state index in [1.54, 1.807) is 24.3 Å². The highest BCUT2D eigenvalue weighted by Gasteiger charge is 2.32. The molecule has 1 atom stereocenters. The number of hydrogen-bond acceptors (Lipinski definition) is 3. The average Bonchev–Trinajstić information content (AvgIpc) is 2.37. The molecule has 0 radical (unpaired) electrons. The first-order chi connectivity index (χ1) is 9.08. The summed E-state index contributed by atoms with van der Waals surface area (Å²) < 4.78 is 0. The highest BCUT2D eigenvalue weighted by Crippen LogP contribution is 2.19. The maximum absolute atomic E-state index is 12.0. The van der Waals surface area contributed by atoms with Gasteiger partial charge in [0.1, 0.15) is 11.8 Å². The molecule has 0 bridgehead atoms. The van der Waals surface area contributed by atoms with Crippen molar-refractivity contribution in [2.45, 2.75) is 25.8 Å². The predicted octanol–water partition coefficient (Wildman–Crippen LogP) is 0.823. The molecule has 1 aromatic rings. The molecule has 1 unspecified atom stereocenters. The number of benzene rings is 1. The average molecular weight is 259 g/mol. The molecule has 1 aromatic carbocycles. The SMILES string of the molecule is CC(C)NCC1=NC(=O)C(c2ccccc2)C(=O)N1. The van der Waals surface area contributed by atoms with Crippen LogP contribution < -0.4 is 10.6 Å². The van der Waals surface area contributed by atoms with E-state index in [9.17, 15) is 9.59 Å². The minimum atomic E-state index is -0.830. The Labute approximate surface area is 112 Å². The van der Waals surface area contributed by atoms with Gasteiger partial charge in [0.15, 0.2) is 0 Å². The first kappa shape index (κ1) is 13.4. The van der Waals surface area contributed by atoms with Crippen LogP contribution in [0.2, 0.25) is 0 Å². The summed E-state index contributed by atoms with van der Waals surface area (Å²) in [7, 11) is 0. The van der Waals surface area contributed by atoms with Crippen LogP contribution in [0.1, 0.15) is 25.3 Å². The Morgan fingerprint density at radius 3 is 2.53 bits per heavy atom. The second-order valence-electron chi connectivity index (χ2n) is 4.77. The predicted molar refractivity (Wildman–Crippen MR) is 72.9 cm³/mol. The van der Waals surface area contributed by atoms with Crippen molar-refractivity contribution in [2.75, 3.05) is 6.54 Å². The van der Waals surface area contributed by atoms with E-state index in [-0.39, 0.29) is 11.9 Å². The van der Waals surface area contributed by atoms with Gasteiger partial charge in [-0.25, -0.2) is 0 Å². The molecule has 1 aliphatic rings. The Morgan fingerprint density at radius 1 is 1.26 bits per heavy atom. The van der Waals surface area contributed by atoms with Crippen LogP contribution in [-0.2, 0) is 9.59 Å². The van der Waals surface area contributed by atoms with E-state index < -0.39 is 11.8 Å². The van der Waals surface area contributed by atoms with E-state index in [1.807, 2.05) is 19.9 Å². The number of nitrogens with one attached hydrogen (secondary N) is 2. The fourth-order valence-electron chi connectivity index (χ4n) is 1.88. The molecule has 19 heavy (non-hydrogen) atoms. The summed E-state index contributed by atoms with van der Waals surface area (Å²) in [5, 5.41) is 5.79. The molecule has 5 nitrogen and oxygen atoms in total. The minimum Gasteiger partial charge on any atom is -0.312 e. The minimum absolute atomic E-state index is 0.265. The van der Waals surface area contributed by atoms with Gasteiger partial charge >= 0.3 is 0 Å². The van der Waals surface area contributed by atoms with Gasteiger partial charge in [0.05, 0.1) is 6.54 Å². The highest BCUT2D eigenvalue weighted by atomic mass is 16.2. The van der Waals surface area contributed by atoms with Crippen molar-refractivity contribution < 1.29 is 9.59 Å². The van der Waals surface area contributed by atoms with E-state index in [2.05, 4.69) is 15.6 Å². The van der Waals surface area contributed by atoms with Crippen LogP contribution in [0.3, 0.4) is 0 Å². The van der Waals surface area contributed by atoms with Crippen molar-refractivity contribution in [3.63, 3.8) is 0 Å². The summed E-state index contributed by atoms with van der Waals surface area (Å²) in [6, 6.07) is 9.23. The van der Waals surface area contributed by atoms with Crippen LogP contribution in [0.4, 0.5) is 0 Å². The molecule has 0 aromatic heterocycles. The molecule has 1 heterocycles. The van der Waals surface area contributed by atoms with Crippen LogP contribution in [-0.4, -0.2) is 30.2 Å². The summed E-state index contributed by atoms with van der Waals surface area (Å²) in [5.41, 5.74) is 0.671. The molecule has 5 heteroatoms. The Bertz CT molecular complexity index is 509. The Balaban J connectivity index is 2.15. The van der Waals surface area contributed by atoms with E-state index in [1.165, 1.54) is 0 Å². The smallest absolute Gasteiger partial charge is 0.264 e. The molecule has 1 aliphatic heterocycles. The maximum Gasteiger partial charge on any atom is 0.264 e. The zero-order chi connectivity index (χ0) is 13.8. The van der Waals surface area contributed by atoms with Gasteiger partial charge in [-0.15, -0.1) is 0 Å². The standard InChI is InChI=1S/C14H17N3O2/c1-9(2)15-8-11-16-13(18)12(14(19)17-11)10-6-4-3-5-7-10/h3-7,9,12,15H,8H2,1-2H3,(H,16,17,18,19). The van der Waals surface area contributed by atoms with Gasteiger partial charge in [-0.1, -0.05) is 44.2 Å². The number of amidine groups is 1. The third kappa shape index (κ3) is 3.26. The molecule has 0 fully saturated rings.